The maximum Gasteiger partial charge on any atom is 0.341 e. The maximum absolute atomic E-state index is 11.3. The van der Waals surface area contributed by atoms with Crippen molar-refractivity contribution < 1.29 is 9.53 Å². The smallest absolute Gasteiger partial charge is 0.341 e. The van der Waals surface area contributed by atoms with Gasteiger partial charge in [-0.1, -0.05) is 11.6 Å². The van der Waals surface area contributed by atoms with Crippen LogP contribution in [0.2, 0.25) is 5.15 Å². The van der Waals surface area contributed by atoms with Gasteiger partial charge in [-0.25, -0.2) is 9.78 Å². The molecule has 0 unspecified atom stereocenters. The van der Waals surface area contributed by atoms with Gasteiger partial charge in [-0.3, -0.25) is 0 Å². The molecule has 14 heavy (non-hydrogen) atoms. The number of halogens is 1. The molecule has 1 aromatic heterocycles. The standard InChI is InChI=1S/C9H11ClN2O2/c1-12(2)8-6(9(13)14-3)4-5-7(10)11-8/h4-5H,1-3H3. The molecule has 1 aromatic rings. The van der Waals surface area contributed by atoms with Gasteiger partial charge in [0.2, 0.25) is 0 Å². The van der Waals surface area contributed by atoms with Gasteiger partial charge >= 0.3 is 5.97 Å². The minimum Gasteiger partial charge on any atom is -0.465 e. The van der Waals surface area contributed by atoms with Gasteiger partial charge in [0.15, 0.2) is 0 Å². The second-order valence-electron chi connectivity index (χ2n) is 2.89. The lowest BCUT2D eigenvalue weighted by atomic mass is 10.2. The van der Waals surface area contributed by atoms with Crippen LogP contribution in [0.1, 0.15) is 10.4 Å². The number of pyridine rings is 1. The van der Waals surface area contributed by atoms with Gasteiger partial charge in [-0.05, 0) is 12.1 Å². The summed E-state index contributed by atoms with van der Waals surface area (Å²) in [5.74, 6) is 0.0854. The fourth-order valence-electron chi connectivity index (χ4n) is 1.04. The van der Waals surface area contributed by atoms with E-state index in [0.717, 1.165) is 0 Å². The number of carbonyl (C=O) groups is 1. The van der Waals surface area contributed by atoms with Crippen LogP contribution in [0.15, 0.2) is 12.1 Å². The zero-order valence-corrected chi connectivity index (χ0v) is 9.00. The van der Waals surface area contributed by atoms with E-state index in [1.54, 1.807) is 31.1 Å². The zero-order valence-electron chi connectivity index (χ0n) is 8.24. The highest BCUT2D eigenvalue weighted by molar-refractivity contribution is 6.29. The van der Waals surface area contributed by atoms with E-state index in [0.29, 0.717) is 16.5 Å². The molecule has 1 rings (SSSR count). The van der Waals surface area contributed by atoms with Crippen LogP contribution in [0.4, 0.5) is 5.82 Å². The highest BCUT2D eigenvalue weighted by atomic mass is 35.5. The Bertz CT molecular complexity index is 353. The molecule has 0 aliphatic heterocycles. The lowest BCUT2D eigenvalue weighted by Crippen LogP contribution is -2.16. The number of nitrogens with zero attached hydrogens (tertiary/aromatic N) is 2. The van der Waals surface area contributed by atoms with E-state index < -0.39 is 5.97 Å². The number of hydrogen-bond acceptors (Lipinski definition) is 4. The van der Waals surface area contributed by atoms with Crippen molar-refractivity contribution in [2.75, 3.05) is 26.1 Å². The van der Waals surface area contributed by atoms with Gasteiger partial charge in [0.25, 0.3) is 0 Å². The summed E-state index contributed by atoms with van der Waals surface area (Å²) in [5, 5.41) is 0.348. The fraction of sp³-hybridized carbons (Fsp3) is 0.333. The molecule has 4 nitrogen and oxygen atoms in total. The summed E-state index contributed by atoms with van der Waals surface area (Å²) >= 11 is 5.72. The molecule has 0 radical (unpaired) electrons. The normalized spacial score (nSPS) is 9.71. The second kappa shape index (κ2) is 4.28. The third kappa shape index (κ3) is 2.14. The van der Waals surface area contributed by atoms with Gasteiger partial charge < -0.3 is 9.64 Å². The number of anilines is 1. The minimum atomic E-state index is -0.419. The van der Waals surface area contributed by atoms with E-state index in [2.05, 4.69) is 9.72 Å². The van der Waals surface area contributed by atoms with E-state index in [1.165, 1.54) is 7.11 Å². The molecule has 0 aliphatic carbocycles. The van der Waals surface area contributed by atoms with E-state index in [1.807, 2.05) is 0 Å². The molecule has 0 spiro atoms. The molecular formula is C9H11ClN2O2. The molecule has 0 atom stereocenters. The van der Waals surface area contributed by atoms with Crippen LogP contribution in [-0.2, 0) is 4.74 Å². The summed E-state index contributed by atoms with van der Waals surface area (Å²) in [6.07, 6.45) is 0. The number of carbonyl (C=O) groups excluding carboxylic acids is 1. The molecule has 0 fully saturated rings. The monoisotopic (exact) mass is 214 g/mol. The Labute approximate surface area is 87.4 Å². The van der Waals surface area contributed by atoms with E-state index in [4.69, 9.17) is 11.6 Å². The Morgan fingerprint density at radius 2 is 2.14 bits per heavy atom. The number of aromatic nitrogens is 1. The Kier molecular flexibility index (Phi) is 3.30. The summed E-state index contributed by atoms with van der Waals surface area (Å²) in [7, 11) is 4.90. The summed E-state index contributed by atoms with van der Waals surface area (Å²) in [6, 6.07) is 3.15. The average Bonchev–Trinajstić information content (AvgIpc) is 2.16. The lowest BCUT2D eigenvalue weighted by molar-refractivity contribution is 0.0601. The Hall–Kier alpha value is -1.29. The lowest BCUT2D eigenvalue weighted by Gasteiger charge is -2.14. The van der Waals surface area contributed by atoms with Crippen molar-refractivity contribution >= 4 is 23.4 Å². The number of esters is 1. The third-order valence-corrected chi connectivity index (χ3v) is 1.88. The molecule has 0 saturated heterocycles. The van der Waals surface area contributed by atoms with E-state index in [-0.39, 0.29) is 0 Å². The third-order valence-electron chi connectivity index (χ3n) is 1.67. The molecule has 0 aliphatic rings. The average molecular weight is 215 g/mol. The van der Waals surface area contributed by atoms with Gasteiger partial charge in [-0.15, -0.1) is 0 Å². The summed E-state index contributed by atoms with van der Waals surface area (Å²) in [5.41, 5.74) is 0.405. The zero-order chi connectivity index (χ0) is 10.7. The van der Waals surface area contributed by atoms with Gasteiger partial charge in [-0.2, -0.15) is 0 Å². The molecule has 0 amide bonds. The summed E-state index contributed by atoms with van der Waals surface area (Å²) in [4.78, 5) is 17.1. The first kappa shape index (κ1) is 10.8. The predicted octanol–water partition coefficient (Wildman–Crippen LogP) is 1.59. The van der Waals surface area contributed by atoms with Crippen LogP contribution < -0.4 is 4.90 Å². The Morgan fingerprint density at radius 3 is 2.64 bits per heavy atom. The molecule has 0 N–H and O–H groups in total. The van der Waals surface area contributed by atoms with Crippen LogP contribution in [0, 0.1) is 0 Å². The maximum atomic E-state index is 11.3. The van der Waals surface area contributed by atoms with Crippen LogP contribution in [0.5, 0.6) is 0 Å². The highest BCUT2D eigenvalue weighted by Gasteiger charge is 2.14. The predicted molar refractivity (Wildman–Crippen MR) is 54.9 cm³/mol. The quantitative estimate of drug-likeness (QED) is 0.554. The number of rotatable bonds is 2. The van der Waals surface area contributed by atoms with Crippen molar-refractivity contribution in [2.45, 2.75) is 0 Å². The van der Waals surface area contributed by atoms with Crippen molar-refractivity contribution in [1.29, 1.82) is 0 Å². The van der Waals surface area contributed by atoms with Crippen LogP contribution >= 0.6 is 11.6 Å². The van der Waals surface area contributed by atoms with Gasteiger partial charge in [0.05, 0.1) is 7.11 Å². The van der Waals surface area contributed by atoms with Gasteiger partial charge in [0.1, 0.15) is 16.5 Å². The highest BCUT2D eigenvalue weighted by Crippen LogP contribution is 2.19. The van der Waals surface area contributed by atoms with Crippen molar-refractivity contribution in [1.82, 2.24) is 4.98 Å². The van der Waals surface area contributed by atoms with Crippen LogP contribution in [0.25, 0.3) is 0 Å². The van der Waals surface area contributed by atoms with Crippen molar-refractivity contribution in [3.8, 4) is 0 Å². The Balaban J connectivity index is 3.21. The summed E-state index contributed by atoms with van der Waals surface area (Å²) < 4.78 is 4.62. The first-order valence-electron chi connectivity index (χ1n) is 3.98. The molecular weight excluding hydrogens is 204 g/mol. The molecule has 0 aromatic carbocycles. The number of methoxy groups -OCH3 is 1. The first-order valence-corrected chi connectivity index (χ1v) is 4.36. The first-order chi connectivity index (χ1) is 6.56. The van der Waals surface area contributed by atoms with E-state index in [9.17, 15) is 4.79 Å². The minimum absolute atomic E-state index is 0.348. The Morgan fingerprint density at radius 1 is 1.50 bits per heavy atom. The van der Waals surface area contributed by atoms with Crippen molar-refractivity contribution in [2.24, 2.45) is 0 Å². The topological polar surface area (TPSA) is 42.4 Å². The SMILES string of the molecule is COC(=O)c1ccc(Cl)nc1N(C)C. The van der Waals surface area contributed by atoms with E-state index >= 15 is 0 Å². The molecule has 1 heterocycles. The molecule has 0 saturated carbocycles. The molecule has 76 valence electrons. The van der Waals surface area contributed by atoms with Crippen LogP contribution in [0.3, 0.4) is 0 Å². The largest absolute Gasteiger partial charge is 0.465 e. The molecule has 0 bridgehead atoms. The molecule has 5 heteroatoms. The number of hydrogen-bond donors (Lipinski definition) is 0. The fourth-order valence-corrected chi connectivity index (χ4v) is 1.18. The van der Waals surface area contributed by atoms with Crippen molar-refractivity contribution in [3.63, 3.8) is 0 Å². The van der Waals surface area contributed by atoms with Crippen molar-refractivity contribution in [3.05, 3.63) is 22.8 Å². The number of ether oxygens (including phenoxy) is 1. The van der Waals surface area contributed by atoms with Gasteiger partial charge in [0, 0.05) is 14.1 Å². The summed E-state index contributed by atoms with van der Waals surface area (Å²) in [6.45, 7) is 0. The second-order valence-corrected chi connectivity index (χ2v) is 3.28. The van der Waals surface area contributed by atoms with Crippen LogP contribution in [-0.4, -0.2) is 32.2 Å².